The maximum Gasteiger partial charge on any atom is 0.273 e. The number of aliphatic hydroxyl groups is 1. The van der Waals surface area contributed by atoms with Crippen LogP contribution < -0.4 is 0 Å². The Bertz CT molecular complexity index is 436. The molecule has 1 aliphatic heterocycles. The van der Waals surface area contributed by atoms with Crippen LogP contribution in [-0.4, -0.2) is 33.6 Å². The molecule has 0 unspecified atom stereocenters. The summed E-state index contributed by atoms with van der Waals surface area (Å²) >= 11 is 0. The predicted molar refractivity (Wildman–Crippen MR) is 68.2 cm³/mol. The van der Waals surface area contributed by atoms with Crippen molar-refractivity contribution in [1.29, 1.82) is 0 Å². The van der Waals surface area contributed by atoms with Crippen molar-refractivity contribution in [2.75, 3.05) is 13.1 Å². The molecule has 5 heteroatoms. The van der Waals surface area contributed by atoms with Crippen molar-refractivity contribution >= 4 is 5.69 Å². The van der Waals surface area contributed by atoms with Crippen LogP contribution in [0.25, 0.3) is 0 Å². The molecule has 1 fully saturated rings. The second kappa shape index (κ2) is 5.04. The van der Waals surface area contributed by atoms with Gasteiger partial charge in [-0.05, 0) is 19.8 Å². The van der Waals surface area contributed by atoms with Crippen LogP contribution in [0.4, 0.5) is 5.69 Å². The van der Waals surface area contributed by atoms with E-state index in [0.717, 1.165) is 18.7 Å². The molecular weight excluding hydrogens is 232 g/mol. The summed E-state index contributed by atoms with van der Waals surface area (Å²) in [6.45, 7) is 3.97. The summed E-state index contributed by atoms with van der Waals surface area (Å²) in [6, 6.07) is 6.84. The molecule has 18 heavy (non-hydrogen) atoms. The highest BCUT2D eigenvalue weighted by Crippen LogP contribution is 2.25. The van der Waals surface area contributed by atoms with Crippen molar-refractivity contribution in [3.8, 4) is 0 Å². The van der Waals surface area contributed by atoms with Crippen molar-refractivity contribution in [3.63, 3.8) is 0 Å². The zero-order valence-electron chi connectivity index (χ0n) is 10.5. The van der Waals surface area contributed by atoms with Gasteiger partial charge in [-0.15, -0.1) is 0 Å². The normalized spacial score (nSPS) is 19.7. The Kier molecular flexibility index (Phi) is 3.63. The van der Waals surface area contributed by atoms with Crippen LogP contribution in [0.1, 0.15) is 25.3 Å². The van der Waals surface area contributed by atoms with Gasteiger partial charge in [0.15, 0.2) is 0 Å². The average molecular weight is 250 g/mol. The third kappa shape index (κ3) is 3.05. The number of hydrogen-bond acceptors (Lipinski definition) is 4. The summed E-state index contributed by atoms with van der Waals surface area (Å²) in [5.41, 5.74) is 0.331. The molecule has 0 aromatic heterocycles. The standard InChI is InChI=1S/C13H18N2O3/c1-13(16)6-8-14(9-7-13)10-11-4-2-3-5-12(11)15(17)18/h2-5,16H,6-10H2,1H3. The van der Waals surface area contributed by atoms with E-state index in [1.807, 2.05) is 13.0 Å². The maximum atomic E-state index is 10.9. The Morgan fingerprint density at radius 2 is 2.00 bits per heavy atom. The molecule has 2 rings (SSSR count). The maximum absolute atomic E-state index is 10.9. The average Bonchev–Trinajstić information content (AvgIpc) is 2.32. The summed E-state index contributed by atoms with van der Waals surface area (Å²) in [4.78, 5) is 12.7. The number of nitro benzene ring substituents is 1. The Hall–Kier alpha value is -1.46. The molecule has 0 saturated carbocycles. The minimum Gasteiger partial charge on any atom is -0.390 e. The van der Waals surface area contributed by atoms with Crippen molar-refractivity contribution < 1.29 is 10.0 Å². The van der Waals surface area contributed by atoms with Gasteiger partial charge in [0.05, 0.1) is 10.5 Å². The minimum atomic E-state index is -0.584. The van der Waals surface area contributed by atoms with Gasteiger partial charge in [0.25, 0.3) is 5.69 Å². The lowest BCUT2D eigenvalue weighted by Gasteiger charge is -2.35. The van der Waals surface area contributed by atoms with Gasteiger partial charge in [-0.25, -0.2) is 0 Å². The molecule has 1 saturated heterocycles. The largest absolute Gasteiger partial charge is 0.390 e. The fourth-order valence-corrected chi connectivity index (χ4v) is 2.26. The van der Waals surface area contributed by atoms with Crippen LogP contribution in [0.3, 0.4) is 0 Å². The first-order valence-electron chi connectivity index (χ1n) is 6.15. The number of nitrogens with zero attached hydrogens (tertiary/aromatic N) is 2. The molecule has 1 aromatic carbocycles. The molecule has 1 N–H and O–H groups in total. The smallest absolute Gasteiger partial charge is 0.273 e. The quantitative estimate of drug-likeness (QED) is 0.657. The van der Waals surface area contributed by atoms with Crippen LogP contribution in [0, 0.1) is 10.1 Å². The Morgan fingerprint density at radius 3 is 2.61 bits per heavy atom. The fourth-order valence-electron chi connectivity index (χ4n) is 2.26. The molecule has 0 amide bonds. The zero-order valence-corrected chi connectivity index (χ0v) is 10.5. The van der Waals surface area contributed by atoms with Crippen LogP contribution in [0.15, 0.2) is 24.3 Å². The Morgan fingerprint density at radius 1 is 1.39 bits per heavy atom. The Balaban J connectivity index is 2.04. The zero-order chi connectivity index (χ0) is 13.2. The van der Waals surface area contributed by atoms with Gasteiger partial charge in [-0.1, -0.05) is 18.2 Å². The number of rotatable bonds is 3. The molecule has 0 radical (unpaired) electrons. The van der Waals surface area contributed by atoms with Gasteiger partial charge in [-0.2, -0.15) is 0 Å². The summed E-state index contributed by atoms with van der Waals surface area (Å²) < 4.78 is 0. The second-order valence-corrected chi connectivity index (χ2v) is 5.16. The van der Waals surface area contributed by atoms with Gasteiger partial charge < -0.3 is 5.11 Å². The van der Waals surface area contributed by atoms with Crippen LogP contribution in [0.5, 0.6) is 0 Å². The van der Waals surface area contributed by atoms with E-state index in [2.05, 4.69) is 4.90 Å². The van der Waals surface area contributed by atoms with Gasteiger partial charge in [0.1, 0.15) is 0 Å². The summed E-state index contributed by atoms with van der Waals surface area (Å²) in [7, 11) is 0. The number of hydrogen-bond donors (Lipinski definition) is 1. The lowest BCUT2D eigenvalue weighted by atomic mass is 9.93. The van der Waals surface area contributed by atoms with E-state index in [-0.39, 0.29) is 10.6 Å². The van der Waals surface area contributed by atoms with Crippen LogP contribution >= 0.6 is 0 Å². The molecular formula is C13H18N2O3. The number of piperidine rings is 1. The lowest BCUT2D eigenvalue weighted by Crippen LogP contribution is -2.42. The van der Waals surface area contributed by atoms with E-state index in [1.54, 1.807) is 12.1 Å². The second-order valence-electron chi connectivity index (χ2n) is 5.16. The monoisotopic (exact) mass is 250 g/mol. The molecule has 0 spiro atoms. The summed E-state index contributed by atoms with van der Waals surface area (Å²) in [6.07, 6.45) is 1.43. The first-order valence-corrected chi connectivity index (χ1v) is 6.15. The van der Waals surface area contributed by atoms with Gasteiger partial charge in [-0.3, -0.25) is 15.0 Å². The number of para-hydroxylation sites is 1. The van der Waals surface area contributed by atoms with Crippen LogP contribution in [0.2, 0.25) is 0 Å². The van der Waals surface area contributed by atoms with Crippen LogP contribution in [-0.2, 0) is 6.54 Å². The molecule has 1 aromatic rings. The summed E-state index contributed by atoms with van der Waals surface area (Å²) in [5, 5.41) is 20.8. The predicted octanol–water partition coefficient (Wildman–Crippen LogP) is 1.94. The molecule has 0 aliphatic carbocycles. The molecule has 0 bridgehead atoms. The van der Waals surface area contributed by atoms with Gasteiger partial charge >= 0.3 is 0 Å². The topological polar surface area (TPSA) is 66.6 Å². The van der Waals surface area contributed by atoms with E-state index < -0.39 is 5.60 Å². The van der Waals surface area contributed by atoms with Gasteiger partial charge in [0.2, 0.25) is 0 Å². The van der Waals surface area contributed by atoms with E-state index >= 15 is 0 Å². The SMILES string of the molecule is CC1(O)CCN(Cc2ccccc2[N+](=O)[O-])CC1. The van der Waals surface area contributed by atoms with E-state index in [1.165, 1.54) is 6.07 Å². The van der Waals surface area contributed by atoms with Crippen molar-refractivity contribution in [1.82, 2.24) is 4.90 Å². The molecule has 5 nitrogen and oxygen atoms in total. The van der Waals surface area contributed by atoms with Gasteiger partial charge in [0, 0.05) is 31.3 Å². The molecule has 98 valence electrons. The minimum absolute atomic E-state index is 0.176. The highest BCUT2D eigenvalue weighted by Gasteiger charge is 2.28. The first kappa shape index (κ1) is 13.0. The molecule has 1 aliphatic rings. The van der Waals surface area contributed by atoms with Crippen molar-refractivity contribution in [2.24, 2.45) is 0 Å². The lowest BCUT2D eigenvalue weighted by molar-refractivity contribution is -0.385. The van der Waals surface area contributed by atoms with E-state index in [0.29, 0.717) is 19.4 Å². The van der Waals surface area contributed by atoms with Crippen molar-refractivity contribution in [2.45, 2.75) is 31.9 Å². The molecule has 1 heterocycles. The number of benzene rings is 1. The Labute approximate surface area is 106 Å². The highest BCUT2D eigenvalue weighted by atomic mass is 16.6. The molecule has 0 atom stereocenters. The first-order chi connectivity index (χ1) is 8.48. The van der Waals surface area contributed by atoms with E-state index in [4.69, 9.17) is 0 Å². The third-order valence-corrected chi connectivity index (χ3v) is 3.52. The third-order valence-electron chi connectivity index (χ3n) is 3.52. The fraction of sp³-hybridized carbons (Fsp3) is 0.538. The number of nitro groups is 1. The van der Waals surface area contributed by atoms with Crippen molar-refractivity contribution in [3.05, 3.63) is 39.9 Å². The summed E-state index contributed by atoms with van der Waals surface area (Å²) in [5.74, 6) is 0. The number of likely N-dealkylation sites (tertiary alicyclic amines) is 1. The van der Waals surface area contributed by atoms with E-state index in [9.17, 15) is 15.2 Å². The highest BCUT2D eigenvalue weighted by molar-refractivity contribution is 5.39.